The maximum absolute atomic E-state index is 13.1. The number of allylic oxidation sites excluding steroid dienone is 2. The van der Waals surface area contributed by atoms with Gasteiger partial charge in [0.1, 0.15) is 0 Å². The number of carbonyl (C=O) groups excluding carboxylic acids is 2. The van der Waals surface area contributed by atoms with E-state index in [0.717, 1.165) is 55.2 Å². The van der Waals surface area contributed by atoms with Crippen molar-refractivity contribution in [3.05, 3.63) is 112 Å². The van der Waals surface area contributed by atoms with Crippen molar-refractivity contribution in [1.29, 1.82) is 0 Å². The average molecular weight is 652 g/mol. The van der Waals surface area contributed by atoms with E-state index in [2.05, 4.69) is 98.9 Å². The fourth-order valence-electron chi connectivity index (χ4n) is 5.07. The number of hydrogen-bond donors (Lipinski definition) is 0. The van der Waals surface area contributed by atoms with Gasteiger partial charge in [-0.15, -0.1) is 0 Å². The molecule has 2 aliphatic rings. The maximum atomic E-state index is 13.1. The molecule has 5 heteroatoms. The first-order chi connectivity index (χ1) is 20.4. The second-order valence-corrected chi connectivity index (χ2v) is 10.9. The zero-order chi connectivity index (χ0) is 30.3. The second-order valence-electron chi connectivity index (χ2n) is 10.2. The molecule has 0 amide bonds. The minimum atomic E-state index is -0.0750. The topological polar surface area (TPSA) is 58.9 Å². The van der Waals surface area contributed by atoms with E-state index in [0.29, 0.717) is 20.9 Å². The van der Waals surface area contributed by atoms with Crippen molar-refractivity contribution in [3.63, 3.8) is 0 Å². The van der Waals surface area contributed by atoms with Crippen LogP contribution in [0.2, 0.25) is 0 Å². The number of rotatable bonds is 9. The molecule has 0 saturated carbocycles. The van der Waals surface area contributed by atoms with Crippen LogP contribution in [0.5, 0.6) is 0 Å². The molecular weight excluding hydrogens is 611 g/mol. The van der Waals surface area contributed by atoms with Crippen molar-refractivity contribution >= 4 is 33.8 Å². The van der Waals surface area contributed by atoms with E-state index in [1.165, 1.54) is 30.0 Å². The molecule has 42 heavy (non-hydrogen) atoms. The fourth-order valence-corrected chi connectivity index (χ4v) is 5.30. The third kappa shape index (κ3) is 9.31. The van der Waals surface area contributed by atoms with Crippen LogP contribution in [0.3, 0.4) is 0 Å². The van der Waals surface area contributed by atoms with Crippen molar-refractivity contribution in [2.45, 2.75) is 79.1 Å². The summed E-state index contributed by atoms with van der Waals surface area (Å²) in [6, 6.07) is 23.3. The predicted octanol–water partition coefficient (Wildman–Crippen LogP) is 8.22. The standard InChI is InChI=1S/C22H22O2.C12H17.C3H2N2.Pd/c1-3-8-15-10-7-11-16(9-4-2)21(15)19-14-20(23)17-12-5-6-13-18(17)22(19)24;1-3-6-11-8-5-9-12(10-11)7-4-2;1-2-5-3-4-1;/h5-7,10-14H,3-4,8-9H2,1-2H3;5,8-9H,3-4,6-7H2,1-2H3;1-2H;/q;-1;;. The molecule has 1 aliphatic heterocycles. The molecular formula is C37H41N2O2Pd-. The SMILES string of the molecule is CCCc1[c-]c(CCC)ccc1.CCCc1cccc(CCC)c1C1=CC(=O)c2ccccc2C1=O.[Pd]=[C]1N=CC=N1. The van der Waals surface area contributed by atoms with Crippen molar-refractivity contribution in [1.82, 2.24) is 0 Å². The summed E-state index contributed by atoms with van der Waals surface area (Å²) in [4.78, 5) is 33.1. The van der Waals surface area contributed by atoms with E-state index in [-0.39, 0.29) is 11.6 Å². The van der Waals surface area contributed by atoms with Gasteiger partial charge in [0.15, 0.2) is 11.6 Å². The van der Waals surface area contributed by atoms with Crippen molar-refractivity contribution in [3.8, 4) is 0 Å². The first kappa shape index (κ1) is 33.1. The van der Waals surface area contributed by atoms with Gasteiger partial charge in [-0.3, -0.25) is 9.59 Å². The summed E-state index contributed by atoms with van der Waals surface area (Å²) < 4.78 is 0.693. The summed E-state index contributed by atoms with van der Waals surface area (Å²) in [5.41, 5.74) is 7.63. The van der Waals surface area contributed by atoms with Gasteiger partial charge in [-0.1, -0.05) is 109 Å². The number of nitrogens with zero attached hydrogens (tertiary/aromatic N) is 2. The Morgan fingerprint density at radius 3 is 1.62 bits per heavy atom. The average Bonchev–Trinajstić information content (AvgIpc) is 3.48. The molecule has 0 radical (unpaired) electrons. The Bertz CT molecular complexity index is 1420. The Morgan fingerprint density at radius 1 is 0.643 bits per heavy atom. The van der Waals surface area contributed by atoms with Gasteiger partial charge in [0, 0.05) is 16.7 Å². The molecule has 222 valence electrons. The zero-order valence-corrected chi connectivity index (χ0v) is 26.7. The first-order valence-electron chi connectivity index (χ1n) is 15.0. The second kappa shape index (κ2) is 17.5. The summed E-state index contributed by atoms with van der Waals surface area (Å²) in [5.74, 6) is -0.111. The molecule has 0 unspecified atom stereocenters. The van der Waals surface area contributed by atoms with E-state index in [4.69, 9.17) is 0 Å². The van der Waals surface area contributed by atoms with Gasteiger partial charge < -0.3 is 0 Å². The van der Waals surface area contributed by atoms with Gasteiger partial charge in [-0.2, -0.15) is 35.4 Å². The number of carbonyl (C=O) groups is 2. The van der Waals surface area contributed by atoms with E-state index in [1.807, 2.05) is 6.07 Å². The predicted molar refractivity (Wildman–Crippen MR) is 173 cm³/mol. The van der Waals surface area contributed by atoms with Crippen LogP contribution >= 0.6 is 0 Å². The summed E-state index contributed by atoms with van der Waals surface area (Å²) in [6.45, 7) is 8.68. The summed E-state index contributed by atoms with van der Waals surface area (Å²) >= 11 is 2.82. The third-order valence-corrected chi connectivity index (χ3v) is 7.27. The monoisotopic (exact) mass is 651 g/mol. The van der Waals surface area contributed by atoms with E-state index in [1.54, 1.807) is 30.6 Å². The third-order valence-electron chi connectivity index (χ3n) is 6.87. The van der Waals surface area contributed by atoms with Gasteiger partial charge in [-0.05, 0) is 35.6 Å². The summed E-state index contributed by atoms with van der Waals surface area (Å²) in [6.07, 6.45) is 13.4. The van der Waals surface area contributed by atoms with Crippen LogP contribution in [-0.2, 0) is 44.4 Å². The van der Waals surface area contributed by atoms with Crippen molar-refractivity contribution < 1.29 is 28.3 Å². The Labute approximate surface area is 262 Å². The molecule has 4 nitrogen and oxygen atoms in total. The minimum absolute atomic E-state index is 0.0360. The summed E-state index contributed by atoms with van der Waals surface area (Å²) in [5, 5.41) is 0. The van der Waals surface area contributed by atoms with E-state index >= 15 is 0 Å². The van der Waals surface area contributed by atoms with Gasteiger partial charge in [0.05, 0.1) is 0 Å². The Hall–Kier alpha value is -3.39. The molecule has 0 bridgehead atoms. The fraction of sp³-hybridized carbons (Fsp3) is 0.324. The molecule has 0 atom stereocenters. The Kier molecular flexibility index (Phi) is 13.8. The molecule has 0 fully saturated rings. The van der Waals surface area contributed by atoms with Crippen LogP contribution in [-0.4, -0.2) is 28.2 Å². The van der Waals surface area contributed by atoms with Crippen LogP contribution in [0.25, 0.3) is 5.57 Å². The van der Waals surface area contributed by atoms with Gasteiger partial charge in [0.2, 0.25) is 0 Å². The molecule has 1 aliphatic carbocycles. The van der Waals surface area contributed by atoms with Crippen LogP contribution < -0.4 is 0 Å². The molecule has 0 N–H and O–H groups in total. The zero-order valence-electron chi connectivity index (χ0n) is 25.2. The molecule has 3 aromatic carbocycles. The van der Waals surface area contributed by atoms with Crippen molar-refractivity contribution in [2.24, 2.45) is 9.98 Å². The number of Topliss-reactive ketones (excluding diaryl/α,β-unsaturated/α-hetero) is 1. The van der Waals surface area contributed by atoms with Gasteiger partial charge >= 0.3 is 45.4 Å². The van der Waals surface area contributed by atoms with Gasteiger partial charge in [-0.25, -0.2) is 0 Å². The van der Waals surface area contributed by atoms with Gasteiger partial charge in [0.25, 0.3) is 0 Å². The van der Waals surface area contributed by atoms with Crippen molar-refractivity contribution in [2.75, 3.05) is 0 Å². The number of ketones is 2. The molecule has 0 saturated heterocycles. The Balaban J connectivity index is 0.000000221. The quantitative estimate of drug-likeness (QED) is 0.173. The number of hydrogen-bond acceptors (Lipinski definition) is 4. The molecule has 0 spiro atoms. The number of fused-ring (bicyclic) bond motifs is 1. The summed E-state index contributed by atoms with van der Waals surface area (Å²) in [7, 11) is 0. The van der Waals surface area contributed by atoms with Crippen LogP contribution in [0, 0.1) is 6.07 Å². The number of aryl methyl sites for hydroxylation is 4. The first-order valence-corrected chi connectivity index (χ1v) is 15.8. The van der Waals surface area contributed by atoms with Crippen LogP contribution in [0.1, 0.15) is 102 Å². The molecule has 0 aromatic heterocycles. The molecule has 3 aromatic rings. The van der Waals surface area contributed by atoms with Crippen LogP contribution in [0.4, 0.5) is 0 Å². The molecule has 1 heterocycles. The van der Waals surface area contributed by atoms with E-state index < -0.39 is 0 Å². The van der Waals surface area contributed by atoms with E-state index in [9.17, 15) is 9.59 Å². The normalized spacial score (nSPS) is 13.2. The van der Waals surface area contributed by atoms with Crippen LogP contribution in [0.15, 0.2) is 76.7 Å². The number of benzene rings is 3. The molecule has 5 rings (SSSR count). The Morgan fingerprint density at radius 2 is 1.14 bits per heavy atom. The number of aliphatic imine (C=N–C) groups is 2.